The molecule has 0 saturated heterocycles. The zero-order chi connectivity index (χ0) is 22.5. The van der Waals surface area contributed by atoms with Crippen LogP contribution in [-0.2, 0) is 16.0 Å². The first kappa shape index (κ1) is 20.9. The number of rotatable bonds is 5. The second-order valence-electron chi connectivity index (χ2n) is 7.98. The molecule has 2 aromatic carbocycles. The van der Waals surface area contributed by atoms with Gasteiger partial charge in [-0.2, -0.15) is 0 Å². The average Bonchev–Trinajstić information content (AvgIpc) is 3.20. The molecule has 5 rings (SSSR count). The number of halogens is 1. The molecule has 1 amide bonds. The number of nitrogens with one attached hydrogen (secondary N) is 1. The lowest BCUT2D eigenvalue weighted by molar-refractivity contribution is -0.149. The SMILES string of the molecule is COc1cncc2c1C1(O)[C@H](O)CC(c3ccccc3NC=O)C1(c1ccc(Br)cc1)O2. The Labute approximate surface area is 193 Å². The van der Waals surface area contributed by atoms with Crippen LogP contribution in [0.25, 0.3) is 0 Å². The molecule has 1 fully saturated rings. The standard InChI is InChI=1S/C24H21BrN2O5/c1-31-19-11-26-12-20-22(19)23(30)21(29)10-17(16-4-2-3-5-18(16)27-13-28)24(23,32-20)14-6-8-15(25)9-7-14/h2-9,11-13,17,21,29-30H,10H2,1H3,(H,27,28)/t17?,21-,23?,24?/m1/s1. The van der Waals surface area contributed by atoms with Gasteiger partial charge in [0.05, 0.1) is 31.2 Å². The summed E-state index contributed by atoms with van der Waals surface area (Å²) in [7, 11) is 1.49. The summed E-state index contributed by atoms with van der Waals surface area (Å²) in [4.78, 5) is 15.5. The Hall–Kier alpha value is -2.94. The van der Waals surface area contributed by atoms with Gasteiger partial charge in [0, 0.05) is 16.1 Å². The van der Waals surface area contributed by atoms with Crippen molar-refractivity contribution < 1.29 is 24.5 Å². The normalized spacial score (nSPS) is 27.9. The number of ether oxygens (including phenoxy) is 2. The number of aliphatic hydroxyl groups excluding tert-OH is 1. The summed E-state index contributed by atoms with van der Waals surface area (Å²) in [6.07, 6.45) is 2.67. The number of benzene rings is 2. The topological polar surface area (TPSA) is 101 Å². The molecular weight excluding hydrogens is 476 g/mol. The molecule has 3 unspecified atom stereocenters. The molecule has 1 aromatic heterocycles. The molecule has 0 bridgehead atoms. The van der Waals surface area contributed by atoms with E-state index in [1.165, 1.54) is 19.5 Å². The van der Waals surface area contributed by atoms with Gasteiger partial charge in [0.2, 0.25) is 6.41 Å². The van der Waals surface area contributed by atoms with Crippen molar-refractivity contribution in [1.29, 1.82) is 0 Å². The maximum atomic E-state index is 12.3. The van der Waals surface area contributed by atoms with Crippen LogP contribution in [0.15, 0.2) is 65.4 Å². The molecule has 1 aliphatic heterocycles. The van der Waals surface area contributed by atoms with E-state index in [1.807, 2.05) is 42.5 Å². The second-order valence-corrected chi connectivity index (χ2v) is 8.90. The highest BCUT2D eigenvalue weighted by molar-refractivity contribution is 9.10. The number of fused-ring (bicyclic) bond motifs is 3. The van der Waals surface area contributed by atoms with E-state index in [9.17, 15) is 15.0 Å². The lowest BCUT2D eigenvalue weighted by Gasteiger charge is -2.41. The molecule has 8 heteroatoms. The Kier molecular flexibility index (Phi) is 4.96. The van der Waals surface area contributed by atoms with Crippen molar-refractivity contribution in [2.75, 3.05) is 12.4 Å². The van der Waals surface area contributed by atoms with Crippen LogP contribution in [0.3, 0.4) is 0 Å². The molecule has 32 heavy (non-hydrogen) atoms. The number of carbonyl (C=O) groups is 1. The van der Waals surface area contributed by atoms with Crippen LogP contribution in [0.5, 0.6) is 11.5 Å². The minimum absolute atomic E-state index is 0.203. The molecule has 0 spiro atoms. The van der Waals surface area contributed by atoms with Crippen LogP contribution in [0.2, 0.25) is 0 Å². The zero-order valence-corrected chi connectivity index (χ0v) is 18.7. The minimum atomic E-state index is -1.82. The third kappa shape index (κ3) is 2.66. The fourth-order valence-corrected chi connectivity index (χ4v) is 5.56. The number of para-hydroxylation sites is 1. The van der Waals surface area contributed by atoms with Gasteiger partial charge in [-0.05, 0) is 35.7 Å². The predicted octanol–water partition coefficient (Wildman–Crippen LogP) is 3.44. The largest absolute Gasteiger partial charge is 0.495 e. The van der Waals surface area contributed by atoms with Crippen LogP contribution in [0.4, 0.5) is 5.69 Å². The van der Waals surface area contributed by atoms with E-state index in [2.05, 4.69) is 26.2 Å². The molecule has 7 nitrogen and oxygen atoms in total. The van der Waals surface area contributed by atoms with Crippen molar-refractivity contribution in [2.24, 2.45) is 0 Å². The number of anilines is 1. The summed E-state index contributed by atoms with van der Waals surface area (Å²) in [5.74, 6) is 0.187. The molecular formula is C24H21BrN2O5. The Morgan fingerprint density at radius 2 is 1.97 bits per heavy atom. The predicted molar refractivity (Wildman–Crippen MR) is 121 cm³/mol. The highest BCUT2D eigenvalue weighted by Crippen LogP contribution is 2.68. The molecule has 3 aromatic rings. The van der Waals surface area contributed by atoms with E-state index in [0.717, 1.165) is 10.0 Å². The van der Waals surface area contributed by atoms with E-state index in [-0.39, 0.29) is 6.42 Å². The smallest absolute Gasteiger partial charge is 0.211 e. The summed E-state index contributed by atoms with van der Waals surface area (Å²) >= 11 is 3.46. The fraction of sp³-hybridized carbons (Fsp3) is 0.250. The van der Waals surface area contributed by atoms with Gasteiger partial charge in [0.1, 0.15) is 11.5 Å². The molecule has 2 aliphatic rings. The summed E-state index contributed by atoms with van der Waals surface area (Å²) in [6.45, 7) is 0. The van der Waals surface area contributed by atoms with Gasteiger partial charge in [-0.15, -0.1) is 0 Å². The average molecular weight is 497 g/mol. The number of aliphatic hydroxyl groups is 2. The van der Waals surface area contributed by atoms with Gasteiger partial charge in [-0.25, -0.2) is 0 Å². The number of hydrogen-bond acceptors (Lipinski definition) is 6. The summed E-state index contributed by atoms with van der Waals surface area (Å²) in [6, 6.07) is 14.8. The lowest BCUT2D eigenvalue weighted by Crippen LogP contribution is -2.52. The fourth-order valence-electron chi connectivity index (χ4n) is 5.30. The molecule has 164 valence electrons. The Morgan fingerprint density at radius 3 is 2.69 bits per heavy atom. The Bertz CT molecular complexity index is 1190. The minimum Gasteiger partial charge on any atom is -0.495 e. The number of amides is 1. The van der Waals surface area contributed by atoms with E-state index >= 15 is 0 Å². The molecule has 3 N–H and O–H groups in total. The van der Waals surface area contributed by atoms with Crippen molar-refractivity contribution in [3.8, 4) is 11.5 Å². The van der Waals surface area contributed by atoms with Crippen molar-refractivity contribution >= 4 is 28.0 Å². The monoisotopic (exact) mass is 496 g/mol. The molecule has 2 heterocycles. The zero-order valence-electron chi connectivity index (χ0n) is 17.2. The van der Waals surface area contributed by atoms with Crippen LogP contribution in [0, 0.1) is 0 Å². The number of nitrogens with zero attached hydrogens (tertiary/aromatic N) is 1. The maximum absolute atomic E-state index is 12.3. The highest BCUT2D eigenvalue weighted by atomic mass is 79.9. The number of hydrogen-bond donors (Lipinski definition) is 3. The first-order chi connectivity index (χ1) is 15.5. The second kappa shape index (κ2) is 7.58. The number of carbonyl (C=O) groups excluding carboxylic acids is 1. The Morgan fingerprint density at radius 1 is 1.22 bits per heavy atom. The summed E-state index contributed by atoms with van der Waals surface area (Å²) in [5, 5.41) is 26.4. The summed E-state index contributed by atoms with van der Waals surface area (Å²) in [5.41, 5.74) is -0.810. The Balaban J connectivity index is 1.82. The molecule has 1 saturated carbocycles. The van der Waals surface area contributed by atoms with E-state index in [4.69, 9.17) is 9.47 Å². The van der Waals surface area contributed by atoms with Crippen LogP contribution < -0.4 is 14.8 Å². The first-order valence-corrected chi connectivity index (χ1v) is 10.9. The quantitative estimate of drug-likeness (QED) is 0.467. The van der Waals surface area contributed by atoms with Gasteiger partial charge in [-0.1, -0.05) is 46.3 Å². The molecule has 4 atom stereocenters. The third-order valence-corrected chi connectivity index (χ3v) is 7.10. The van der Waals surface area contributed by atoms with Gasteiger partial charge < -0.3 is 25.0 Å². The van der Waals surface area contributed by atoms with Gasteiger partial charge in [0.15, 0.2) is 11.2 Å². The number of aromatic nitrogens is 1. The van der Waals surface area contributed by atoms with E-state index < -0.39 is 23.2 Å². The lowest BCUT2D eigenvalue weighted by atomic mass is 9.71. The molecule has 1 aliphatic carbocycles. The van der Waals surface area contributed by atoms with Crippen LogP contribution in [-0.4, -0.2) is 34.8 Å². The van der Waals surface area contributed by atoms with Crippen molar-refractivity contribution in [2.45, 2.75) is 29.6 Å². The highest BCUT2D eigenvalue weighted by Gasteiger charge is 2.73. The van der Waals surface area contributed by atoms with Crippen molar-refractivity contribution in [3.63, 3.8) is 0 Å². The van der Waals surface area contributed by atoms with Crippen LogP contribution >= 0.6 is 15.9 Å². The maximum Gasteiger partial charge on any atom is 0.211 e. The number of pyridine rings is 1. The number of methoxy groups -OCH3 is 1. The summed E-state index contributed by atoms with van der Waals surface area (Å²) < 4.78 is 12.9. The first-order valence-electron chi connectivity index (χ1n) is 10.1. The van der Waals surface area contributed by atoms with Gasteiger partial charge in [0.25, 0.3) is 0 Å². The van der Waals surface area contributed by atoms with Gasteiger partial charge >= 0.3 is 0 Å². The van der Waals surface area contributed by atoms with E-state index in [1.54, 1.807) is 6.07 Å². The van der Waals surface area contributed by atoms with Crippen molar-refractivity contribution in [3.05, 3.63) is 82.1 Å². The molecule has 0 radical (unpaired) electrons. The third-order valence-electron chi connectivity index (χ3n) is 6.57. The van der Waals surface area contributed by atoms with Crippen LogP contribution in [0.1, 0.15) is 29.0 Å². The van der Waals surface area contributed by atoms with Gasteiger partial charge in [-0.3, -0.25) is 9.78 Å². The van der Waals surface area contributed by atoms with E-state index in [0.29, 0.717) is 34.7 Å². The van der Waals surface area contributed by atoms with Crippen molar-refractivity contribution in [1.82, 2.24) is 4.98 Å².